The van der Waals surface area contributed by atoms with Crippen LogP contribution in [-0.4, -0.2) is 40.0 Å². The zero-order valence-electron chi connectivity index (χ0n) is 12.6. The van der Waals surface area contributed by atoms with E-state index in [1.165, 1.54) is 18.7 Å². The zero-order valence-corrected chi connectivity index (χ0v) is 12.6. The van der Waals surface area contributed by atoms with E-state index in [4.69, 9.17) is 5.11 Å². The smallest absolute Gasteiger partial charge is 0.354 e. The lowest BCUT2D eigenvalue weighted by Gasteiger charge is -2.34. The van der Waals surface area contributed by atoms with Crippen molar-refractivity contribution in [2.75, 3.05) is 7.05 Å². The van der Waals surface area contributed by atoms with Crippen LogP contribution in [-0.2, 0) is 0 Å². The number of pyridine rings is 1. The lowest BCUT2D eigenvalue weighted by Crippen LogP contribution is -2.39. The third kappa shape index (κ3) is 3.60. The van der Waals surface area contributed by atoms with Crippen molar-refractivity contribution in [2.24, 2.45) is 5.92 Å². The summed E-state index contributed by atoms with van der Waals surface area (Å²) in [4.78, 5) is 28.9. The van der Waals surface area contributed by atoms with Crippen molar-refractivity contribution in [1.82, 2.24) is 9.88 Å². The summed E-state index contributed by atoms with van der Waals surface area (Å²) in [5, 5.41) is 8.95. The maximum absolute atomic E-state index is 12.5. The molecular formula is C16H22N2O3. The van der Waals surface area contributed by atoms with Gasteiger partial charge in [-0.2, -0.15) is 0 Å². The number of hydrogen-bond acceptors (Lipinski definition) is 3. The van der Waals surface area contributed by atoms with Gasteiger partial charge in [0.1, 0.15) is 5.69 Å². The lowest BCUT2D eigenvalue weighted by atomic mass is 9.84. The number of amides is 1. The normalized spacial score (nSPS) is 21.8. The predicted molar refractivity (Wildman–Crippen MR) is 79.3 cm³/mol. The predicted octanol–water partition coefficient (Wildman–Crippen LogP) is 2.82. The molecule has 0 spiro atoms. The fraction of sp³-hybridized carbons (Fsp3) is 0.562. The topological polar surface area (TPSA) is 70.5 Å². The van der Waals surface area contributed by atoms with Crippen LogP contribution < -0.4 is 0 Å². The van der Waals surface area contributed by atoms with Crippen LogP contribution in [0.1, 0.15) is 59.9 Å². The van der Waals surface area contributed by atoms with Crippen molar-refractivity contribution in [1.29, 1.82) is 0 Å². The Morgan fingerprint density at radius 3 is 2.57 bits per heavy atom. The summed E-state index contributed by atoms with van der Waals surface area (Å²) in [6.07, 6.45) is 6.95. The first-order valence-corrected chi connectivity index (χ1v) is 7.49. The van der Waals surface area contributed by atoms with E-state index in [2.05, 4.69) is 11.9 Å². The van der Waals surface area contributed by atoms with Crippen LogP contribution in [0.2, 0.25) is 0 Å². The number of carboxylic acids is 1. The molecule has 1 N–H and O–H groups in total. The van der Waals surface area contributed by atoms with Crippen molar-refractivity contribution < 1.29 is 14.7 Å². The van der Waals surface area contributed by atoms with Gasteiger partial charge in [0.25, 0.3) is 5.91 Å². The van der Waals surface area contributed by atoms with Gasteiger partial charge in [0.2, 0.25) is 0 Å². The minimum absolute atomic E-state index is 0.0936. The van der Waals surface area contributed by atoms with Gasteiger partial charge < -0.3 is 10.0 Å². The molecule has 2 rings (SSSR count). The number of hydrogen-bond donors (Lipinski definition) is 1. The largest absolute Gasteiger partial charge is 0.477 e. The molecule has 1 fully saturated rings. The molecular weight excluding hydrogens is 268 g/mol. The van der Waals surface area contributed by atoms with E-state index in [-0.39, 0.29) is 17.6 Å². The van der Waals surface area contributed by atoms with Crippen LogP contribution in [0.5, 0.6) is 0 Å². The van der Waals surface area contributed by atoms with Crippen LogP contribution in [0.15, 0.2) is 18.3 Å². The summed E-state index contributed by atoms with van der Waals surface area (Å²) >= 11 is 0. The highest BCUT2D eigenvalue weighted by molar-refractivity contribution is 5.96. The van der Waals surface area contributed by atoms with E-state index in [0.29, 0.717) is 5.56 Å². The average Bonchev–Trinajstić information content (AvgIpc) is 2.53. The molecule has 1 aromatic rings. The third-order valence-electron chi connectivity index (χ3n) is 4.49. The lowest BCUT2D eigenvalue weighted by molar-refractivity contribution is 0.0674. The first-order valence-electron chi connectivity index (χ1n) is 7.49. The van der Waals surface area contributed by atoms with Gasteiger partial charge in [-0.1, -0.05) is 13.3 Å². The monoisotopic (exact) mass is 290 g/mol. The van der Waals surface area contributed by atoms with E-state index in [9.17, 15) is 9.59 Å². The second-order valence-electron chi connectivity index (χ2n) is 5.73. The van der Waals surface area contributed by atoms with E-state index in [1.54, 1.807) is 18.0 Å². The second-order valence-corrected chi connectivity index (χ2v) is 5.73. The maximum atomic E-state index is 12.5. The molecule has 0 bridgehead atoms. The molecule has 1 heterocycles. The molecule has 1 amide bonds. The fourth-order valence-corrected chi connectivity index (χ4v) is 2.99. The third-order valence-corrected chi connectivity index (χ3v) is 4.49. The van der Waals surface area contributed by atoms with Gasteiger partial charge in [-0.3, -0.25) is 4.79 Å². The average molecular weight is 290 g/mol. The molecule has 0 aliphatic heterocycles. The van der Waals surface area contributed by atoms with E-state index in [1.807, 2.05) is 0 Å². The Morgan fingerprint density at radius 1 is 1.33 bits per heavy atom. The first kappa shape index (κ1) is 15.5. The molecule has 5 nitrogen and oxygen atoms in total. The standard InChI is InChI=1S/C16H22N2O3/c1-3-11-4-6-13(7-5-11)18(2)15(19)12-8-9-17-14(10-12)16(20)21/h8-11,13H,3-7H2,1-2H3,(H,20,21). The molecule has 0 aromatic carbocycles. The molecule has 1 aliphatic rings. The molecule has 0 atom stereocenters. The Labute approximate surface area is 125 Å². The highest BCUT2D eigenvalue weighted by atomic mass is 16.4. The second kappa shape index (κ2) is 6.70. The van der Waals surface area contributed by atoms with Gasteiger partial charge in [-0.25, -0.2) is 9.78 Å². The number of aromatic carboxylic acids is 1. The Morgan fingerprint density at radius 2 is 2.00 bits per heavy atom. The fourth-order valence-electron chi connectivity index (χ4n) is 2.99. The molecule has 0 radical (unpaired) electrons. The molecule has 1 aromatic heterocycles. The van der Waals surface area contributed by atoms with Crippen LogP contribution in [0.4, 0.5) is 0 Å². The Kier molecular flexibility index (Phi) is 4.94. The highest BCUT2D eigenvalue weighted by Crippen LogP contribution is 2.29. The van der Waals surface area contributed by atoms with Crippen LogP contribution in [0, 0.1) is 5.92 Å². The molecule has 21 heavy (non-hydrogen) atoms. The van der Waals surface area contributed by atoms with Crippen molar-refractivity contribution in [3.05, 3.63) is 29.6 Å². The minimum atomic E-state index is -1.12. The highest BCUT2D eigenvalue weighted by Gasteiger charge is 2.26. The summed E-state index contributed by atoms with van der Waals surface area (Å²) in [5.41, 5.74) is 0.298. The number of rotatable bonds is 4. The Balaban J connectivity index is 2.06. The number of nitrogens with zero attached hydrogens (tertiary/aromatic N) is 2. The SMILES string of the molecule is CCC1CCC(N(C)C(=O)c2ccnc(C(=O)O)c2)CC1. The van der Waals surface area contributed by atoms with Gasteiger partial charge >= 0.3 is 5.97 Å². The van der Waals surface area contributed by atoms with E-state index in [0.717, 1.165) is 31.6 Å². The molecule has 114 valence electrons. The van der Waals surface area contributed by atoms with E-state index < -0.39 is 5.97 Å². The van der Waals surface area contributed by atoms with Crippen molar-refractivity contribution in [3.63, 3.8) is 0 Å². The van der Waals surface area contributed by atoms with Crippen LogP contribution in [0.3, 0.4) is 0 Å². The zero-order chi connectivity index (χ0) is 15.4. The van der Waals surface area contributed by atoms with Gasteiger partial charge in [0, 0.05) is 24.8 Å². The molecule has 1 saturated carbocycles. The van der Waals surface area contributed by atoms with Crippen LogP contribution >= 0.6 is 0 Å². The number of carbonyl (C=O) groups is 2. The molecule has 1 aliphatic carbocycles. The quantitative estimate of drug-likeness (QED) is 0.925. The van der Waals surface area contributed by atoms with Gasteiger partial charge in [-0.15, -0.1) is 0 Å². The van der Waals surface area contributed by atoms with Gasteiger partial charge in [0.05, 0.1) is 0 Å². The van der Waals surface area contributed by atoms with Crippen molar-refractivity contribution in [2.45, 2.75) is 45.1 Å². The van der Waals surface area contributed by atoms with Gasteiger partial charge in [-0.05, 0) is 43.7 Å². The number of carbonyl (C=O) groups excluding carboxylic acids is 1. The summed E-state index contributed by atoms with van der Waals surface area (Å²) in [6, 6.07) is 3.17. The Bertz CT molecular complexity index is 522. The number of aromatic nitrogens is 1. The maximum Gasteiger partial charge on any atom is 0.354 e. The summed E-state index contributed by atoms with van der Waals surface area (Å²) in [7, 11) is 1.81. The van der Waals surface area contributed by atoms with Crippen molar-refractivity contribution in [3.8, 4) is 0 Å². The summed E-state index contributed by atoms with van der Waals surface area (Å²) < 4.78 is 0. The molecule has 0 saturated heterocycles. The van der Waals surface area contributed by atoms with Crippen molar-refractivity contribution >= 4 is 11.9 Å². The molecule has 5 heteroatoms. The number of carboxylic acid groups (broad SMARTS) is 1. The van der Waals surface area contributed by atoms with Gasteiger partial charge in [0.15, 0.2) is 0 Å². The van der Waals surface area contributed by atoms with Crippen LogP contribution in [0.25, 0.3) is 0 Å². The Hall–Kier alpha value is -1.91. The minimum Gasteiger partial charge on any atom is -0.477 e. The summed E-state index contributed by atoms with van der Waals surface area (Å²) in [6.45, 7) is 2.21. The summed E-state index contributed by atoms with van der Waals surface area (Å²) in [5.74, 6) is -0.458. The first-order chi connectivity index (χ1) is 10.0. The molecule has 0 unspecified atom stereocenters. The van der Waals surface area contributed by atoms with E-state index >= 15 is 0 Å².